The molecule has 0 bridgehead atoms. The molecule has 0 spiro atoms. The van der Waals surface area contributed by atoms with Crippen LogP contribution in [0.25, 0.3) is 0 Å². The van der Waals surface area contributed by atoms with E-state index in [1.54, 1.807) is 6.07 Å². The molecule has 0 aliphatic heterocycles. The fraction of sp³-hybridized carbons (Fsp3) is 0.250. The lowest BCUT2D eigenvalue weighted by Gasteiger charge is -2.04. The molecule has 0 unspecified atom stereocenters. The van der Waals surface area contributed by atoms with Gasteiger partial charge in [-0.2, -0.15) is 0 Å². The normalized spacial score (nSPS) is 10.3. The van der Waals surface area contributed by atoms with E-state index in [2.05, 4.69) is 5.32 Å². The number of thiophene rings is 1. The third-order valence-electron chi connectivity index (χ3n) is 3.05. The summed E-state index contributed by atoms with van der Waals surface area (Å²) in [5.41, 5.74) is 1.36. The maximum absolute atomic E-state index is 11.9. The highest BCUT2D eigenvalue weighted by Crippen LogP contribution is 2.27. The number of carboxylic acids is 1. The Morgan fingerprint density at radius 2 is 1.95 bits per heavy atom. The highest BCUT2D eigenvalue weighted by atomic mass is 32.1. The average molecular weight is 303 g/mol. The zero-order valence-electron chi connectivity index (χ0n) is 11.8. The minimum absolute atomic E-state index is 0.143. The van der Waals surface area contributed by atoms with Crippen LogP contribution in [0.2, 0.25) is 0 Å². The van der Waals surface area contributed by atoms with E-state index in [-0.39, 0.29) is 11.5 Å². The van der Waals surface area contributed by atoms with Gasteiger partial charge < -0.3 is 10.4 Å². The van der Waals surface area contributed by atoms with Gasteiger partial charge in [0.25, 0.3) is 0 Å². The Labute approximate surface area is 127 Å². The molecule has 0 saturated heterocycles. The maximum atomic E-state index is 11.9. The van der Waals surface area contributed by atoms with Gasteiger partial charge >= 0.3 is 5.97 Å². The Morgan fingerprint density at radius 3 is 2.62 bits per heavy atom. The van der Waals surface area contributed by atoms with E-state index in [1.165, 1.54) is 16.9 Å². The zero-order chi connectivity index (χ0) is 15.2. The first kappa shape index (κ1) is 15.3. The van der Waals surface area contributed by atoms with E-state index >= 15 is 0 Å². The number of carboxylic acid groups (broad SMARTS) is 1. The van der Waals surface area contributed by atoms with Crippen LogP contribution in [0.5, 0.6) is 0 Å². The lowest BCUT2D eigenvalue weighted by molar-refractivity contribution is -0.116. The van der Waals surface area contributed by atoms with Crippen LogP contribution in [0.1, 0.15) is 33.6 Å². The number of anilines is 1. The van der Waals surface area contributed by atoms with Gasteiger partial charge in [-0.25, -0.2) is 4.79 Å². The van der Waals surface area contributed by atoms with Crippen molar-refractivity contribution in [3.8, 4) is 0 Å². The highest BCUT2D eigenvalue weighted by molar-refractivity contribution is 7.16. The van der Waals surface area contributed by atoms with Gasteiger partial charge in [-0.3, -0.25) is 4.79 Å². The minimum atomic E-state index is -1.01. The number of hydrogen-bond acceptors (Lipinski definition) is 3. The van der Waals surface area contributed by atoms with Gasteiger partial charge in [0.05, 0.1) is 5.56 Å². The summed E-state index contributed by atoms with van der Waals surface area (Å²) < 4.78 is 0. The molecule has 2 rings (SSSR count). The summed E-state index contributed by atoms with van der Waals surface area (Å²) in [5.74, 6) is -1.16. The van der Waals surface area contributed by atoms with Crippen molar-refractivity contribution >= 4 is 28.2 Å². The monoisotopic (exact) mass is 303 g/mol. The fourth-order valence-corrected chi connectivity index (χ4v) is 2.97. The van der Waals surface area contributed by atoms with Crippen LogP contribution in [0, 0.1) is 6.92 Å². The second-order valence-corrected chi connectivity index (χ2v) is 6.05. The van der Waals surface area contributed by atoms with Crippen molar-refractivity contribution in [1.29, 1.82) is 0 Å². The predicted molar refractivity (Wildman–Crippen MR) is 84.0 cm³/mol. The van der Waals surface area contributed by atoms with Crippen molar-refractivity contribution in [1.82, 2.24) is 0 Å². The number of aromatic carboxylic acids is 1. The molecule has 0 aliphatic carbocycles. The summed E-state index contributed by atoms with van der Waals surface area (Å²) >= 11 is 1.29. The van der Waals surface area contributed by atoms with Crippen LogP contribution in [0.3, 0.4) is 0 Å². The standard InChI is InChI=1S/C16H17NO3S/c1-11-10-13(16(19)20)15(21-11)17-14(18)9-5-8-12-6-3-2-4-7-12/h2-4,6-7,10H,5,8-9H2,1H3,(H,17,18)(H,19,20). The molecule has 0 aliphatic rings. The second-order valence-electron chi connectivity index (χ2n) is 4.79. The topological polar surface area (TPSA) is 66.4 Å². The maximum Gasteiger partial charge on any atom is 0.338 e. The van der Waals surface area contributed by atoms with Gasteiger partial charge in [0.1, 0.15) is 5.00 Å². The van der Waals surface area contributed by atoms with E-state index in [4.69, 9.17) is 5.11 Å². The van der Waals surface area contributed by atoms with E-state index in [0.29, 0.717) is 11.4 Å². The smallest absolute Gasteiger partial charge is 0.338 e. The molecule has 1 aromatic heterocycles. The number of carbonyl (C=O) groups excluding carboxylic acids is 1. The molecule has 0 radical (unpaired) electrons. The number of carbonyl (C=O) groups is 2. The average Bonchev–Trinajstić information content (AvgIpc) is 2.81. The zero-order valence-corrected chi connectivity index (χ0v) is 12.6. The van der Waals surface area contributed by atoms with Crippen LogP contribution in [0.15, 0.2) is 36.4 Å². The Kier molecular flexibility index (Phi) is 5.11. The van der Waals surface area contributed by atoms with E-state index in [0.717, 1.165) is 17.7 Å². The molecular weight excluding hydrogens is 286 g/mol. The largest absolute Gasteiger partial charge is 0.478 e. The molecule has 5 heteroatoms. The second kappa shape index (κ2) is 7.04. The van der Waals surface area contributed by atoms with Gasteiger partial charge in [-0.15, -0.1) is 11.3 Å². The Morgan fingerprint density at radius 1 is 1.24 bits per heavy atom. The third-order valence-corrected chi connectivity index (χ3v) is 4.02. The molecule has 1 amide bonds. The lowest BCUT2D eigenvalue weighted by Crippen LogP contribution is -2.12. The molecule has 1 aromatic carbocycles. The number of rotatable bonds is 6. The molecule has 2 aromatic rings. The third kappa shape index (κ3) is 4.43. The Bertz CT molecular complexity index is 634. The summed E-state index contributed by atoms with van der Waals surface area (Å²) in [7, 11) is 0. The van der Waals surface area contributed by atoms with Gasteiger partial charge in [-0.05, 0) is 31.4 Å². The predicted octanol–water partition coefficient (Wildman–Crippen LogP) is 3.72. The molecule has 0 atom stereocenters. The molecule has 0 fully saturated rings. The molecule has 0 saturated carbocycles. The van der Waals surface area contributed by atoms with Gasteiger partial charge in [0, 0.05) is 11.3 Å². The number of nitrogens with one attached hydrogen (secondary N) is 1. The van der Waals surface area contributed by atoms with Crippen LogP contribution in [-0.4, -0.2) is 17.0 Å². The number of benzene rings is 1. The highest BCUT2D eigenvalue weighted by Gasteiger charge is 2.15. The van der Waals surface area contributed by atoms with Crippen molar-refractivity contribution in [2.24, 2.45) is 0 Å². The van der Waals surface area contributed by atoms with Crippen LogP contribution < -0.4 is 5.32 Å². The summed E-state index contributed by atoms with van der Waals surface area (Å²) in [6.07, 6.45) is 1.96. The lowest BCUT2D eigenvalue weighted by atomic mass is 10.1. The minimum Gasteiger partial charge on any atom is -0.478 e. The molecule has 21 heavy (non-hydrogen) atoms. The Hall–Kier alpha value is -2.14. The molecule has 110 valence electrons. The van der Waals surface area contributed by atoms with Crippen molar-refractivity contribution in [3.05, 3.63) is 52.4 Å². The van der Waals surface area contributed by atoms with E-state index in [9.17, 15) is 9.59 Å². The first-order chi connectivity index (χ1) is 10.1. The molecule has 4 nitrogen and oxygen atoms in total. The van der Waals surface area contributed by atoms with Crippen molar-refractivity contribution < 1.29 is 14.7 Å². The number of amides is 1. The summed E-state index contributed by atoms with van der Waals surface area (Å²) in [4.78, 5) is 23.8. The summed E-state index contributed by atoms with van der Waals surface area (Å²) in [6.45, 7) is 1.82. The molecule has 2 N–H and O–H groups in total. The number of aryl methyl sites for hydroxylation is 2. The van der Waals surface area contributed by atoms with Crippen LogP contribution in [-0.2, 0) is 11.2 Å². The SMILES string of the molecule is Cc1cc(C(=O)O)c(NC(=O)CCCc2ccccc2)s1. The van der Waals surface area contributed by atoms with Crippen LogP contribution in [0.4, 0.5) is 5.00 Å². The Balaban J connectivity index is 1.86. The van der Waals surface area contributed by atoms with Gasteiger partial charge in [0.15, 0.2) is 0 Å². The van der Waals surface area contributed by atoms with Gasteiger partial charge in [-0.1, -0.05) is 30.3 Å². The van der Waals surface area contributed by atoms with Crippen LogP contribution >= 0.6 is 11.3 Å². The van der Waals surface area contributed by atoms with Crippen molar-refractivity contribution in [2.75, 3.05) is 5.32 Å². The first-order valence-electron chi connectivity index (χ1n) is 6.74. The molecule has 1 heterocycles. The molecular formula is C16H17NO3S. The van der Waals surface area contributed by atoms with Crippen molar-refractivity contribution in [3.63, 3.8) is 0 Å². The van der Waals surface area contributed by atoms with E-state index < -0.39 is 5.97 Å². The van der Waals surface area contributed by atoms with E-state index in [1.807, 2.05) is 37.3 Å². The fourth-order valence-electron chi connectivity index (χ4n) is 2.05. The summed E-state index contributed by atoms with van der Waals surface area (Å²) in [5, 5.41) is 12.2. The summed E-state index contributed by atoms with van der Waals surface area (Å²) in [6, 6.07) is 11.5. The number of hydrogen-bond donors (Lipinski definition) is 2. The quantitative estimate of drug-likeness (QED) is 0.854. The van der Waals surface area contributed by atoms with Gasteiger partial charge in [0.2, 0.25) is 5.91 Å². The first-order valence-corrected chi connectivity index (χ1v) is 7.55. The van der Waals surface area contributed by atoms with Crippen molar-refractivity contribution in [2.45, 2.75) is 26.2 Å².